The maximum atomic E-state index is 11.8. The molecule has 4 nitrogen and oxygen atoms in total. The summed E-state index contributed by atoms with van der Waals surface area (Å²) < 4.78 is 5.62. The van der Waals surface area contributed by atoms with Crippen LogP contribution in [0.15, 0.2) is 24.3 Å². The summed E-state index contributed by atoms with van der Waals surface area (Å²) in [5.41, 5.74) is 0.937. The predicted molar refractivity (Wildman–Crippen MR) is 86.5 cm³/mol. The van der Waals surface area contributed by atoms with Gasteiger partial charge in [-0.1, -0.05) is 12.1 Å². The van der Waals surface area contributed by atoms with Crippen molar-refractivity contribution in [2.75, 3.05) is 6.54 Å². The molecule has 4 heteroatoms. The molecule has 0 radical (unpaired) electrons. The fraction of sp³-hybridized carbons (Fsp3) is 0.588. The molecule has 0 saturated heterocycles. The van der Waals surface area contributed by atoms with E-state index >= 15 is 0 Å². The maximum Gasteiger partial charge on any atom is 0.234 e. The fourth-order valence-electron chi connectivity index (χ4n) is 1.93. The van der Waals surface area contributed by atoms with Gasteiger partial charge in [0.2, 0.25) is 5.91 Å². The molecule has 0 saturated carbocycles. The second kappa shape index (κ2) is 7.46. The zero-order valence-corrected chi connectivity index (χ0v) is 14.0. The lowest BCUT2D eigenvalue weighted by molar-refractivity contribution is -0.121. The number of amides is 1. The normalized spacial score (nSPS) is 13.1. The molecule has 0 spiro atoms. The smallest absolute Gasteiger partial charge is 0.234 e. The number of carbonyl (C=O) groups excluding carboxylic acids is 1. The Labute approximate surface area is 128 Å². The lowest BCUT2D eigenvalue weighted by Gasteiger charge is -2.22. The fourth-order valence-corrected chi connectivity index (χ4v) is 1.93. The van der Waals surface area contributed by atoms with Crippen LogP contribution < -0.4 is 15.4 Å². The first-order valence-corrected chi connectivity index (χ1v) is 7.48. The predicted octanol–water partition coefficient (Wildman–Crippen LogP) is 3.04. The van der Waals surface area contributed by atoms with Crippen LogP contribution >= 0.6 is 0 Å². The van der Waals surface area contributed by atoms with Crippen molar-refractivity contribution in [1.82, 2.24) is 10.6 Å². The van der Waals surface area contributed by atoms with Crippen molar-refractivity contribution in [3.05, 3.63) is 29.8 Å². The number of nitrogens with one attached hydrogen (secondary N) is 2. The van der Waals surface area contributed by atoms with Gasteiger partial charge in [0.15, 0.2) is 0 Å². The van der Waals surface area contributed by atoms with Gasteiger partial charge in [-0.05, 0) is 59.2 Å². The molecule has 118 valence electrons. The molecule has 1 unspecified atom stereocenters. The molecule has 0 aromatic heterocycles. The van der Waals surface area contributed by atoms with Crippen LogP contribution in [0.4, 0.5) is 0 Å². The molecule has 0 heterocycles. The van der Waals surface area contributed by atoms with Gasteiger partial charge in [-0.25, -0.2) is 0 Å². The molecular formula is C17H28N2O2. The van der Waals surface area contributed by atoms with Crippen molar-refractivity contribution in [1.29, 1.82) is 0 Å². The molecule has 0 aliphatic heterocycles. The SMILES string of the molecule is CC(C)Oc1ccc(C(C)NCC(=O)NC(C)(C)C)cc1. The standard InChI is InChI=1S/C17H28N2O2/c1-12(2)21-15-9-7-14(8-10-15)13(3)18-11-16(20)19-17(4,5)6/h7-10,12-13,18H,11H2,1-6H3,(H,19,20). The van der Waals surface area contributed by atoms with Gasteiger partial charge in [0.25, 0.3) is 0 Å². The summed E-state index contributed by atoms with van der Waals surface area (Å²) in [5, 5.41) is 6.16. The third kappa shape index (κ3) is 7.14. The van der Waals surface area contributed by atoms with Crippen molar-refractivity contribution >= 4 is 5.91 Å². The maximum absolute atomic E-state index is 11.8. The van der Waals surface area contributed by atoms with Gasteiger partial charge in [0.1, 0.15) is 5.75 Å². The average Bonchev–Trinajstić information content (AvgIpc) is 2.34. The van der Waals surface area contributed by atoms with Gasteiger partial charge in [-0.3, -0.25) is 4.79 Å². The Morgan fingerprint density at radius 3 is 2.19 bits per heavy atom. The van der Waals surface area contributed by atoms with Crippen LogP contribution in [0.1, 0.15) is 53.1 Å². The zero-order chi connectivity index (χ0) is 16.0. The molecule has 0 bridgehead atoms. The van der Waals surface area contributed by atoms with E-state index in [1.807, 2.05) is 65.8 Å². The Morgan fingerprint density at radius 2 is 1.71 bits per heavy atom. The van der Waals surface area contributed by atoms with Crippen molar-refractivity contribution in [3.63, 3.8) is 0 Å². The van der Waals surface area contributed by atoms with Gasteiger partial charge < -0.3 is 15.4 Å². The van der Waals surface area contributed by atoms with Crippen LogP contribution in [0.25, 0.3) is 0 Å². The number of hydrogen-bond acceptors (Lipinski definition) is 3. The molecule has 21 heavy (non-hydrogen) atoms. The molecule has 1 atom stereocenters. The summed E-state index contributed by atoms with van der Waals surface area (Å²) >= 11 is 0. The van der Waals surface area contributed by atoms with Crippen LogP contribution in [-0.2, 0) is 4.79 Å². The van der Waals surface area contributed by atoms with E-state index in [0.717, 1.165) is 11.3 Å². The Bertz CT molecular complexity index is 447. The largest absolute Gasteiger partial charge is 0.491 e. The van der Waals surface area contributed by atoms with E-state index in [-0.39, 0.29) is 23.6 Å². The van der Waals surface area contributed by atoms with Crippen molar-refractivity contribution < 1.29 is 9.53 Å². The van der Waals surface area contributed by atoms with Crippen molar-refractivity contribution in [3.8, 4) is 5.75 Å². The first kappa shape index (κ1) is 17.5. The summed E-state index contributed by atoms with van der Waals surface area (Å²) in [6.07, 6.45) is 0.174. The minimum absolute atomic E-state index is 0.00844. The highest BCUT2D eigenvalue weighted by molar-refractivity contribution is 5.78. The Balaban J connectivity index is 2.48. The second-order valence-electron chi connectivity index (χ2n) is 6.64. The molecule has 0 aliphatic carbocycles. The quantitative estimate of drug-likeness (QED) is 0.847. The molecular weight excluding hydrogens is 264 g/mol. The van der Waals surface area contributed by atoms with Gasteiger partial charge in [-0.15, -0.1) is 0 Å². The number of carbonyl (C=O) groups is 1. The number of rotatable bonds is 6. The molecule has 1 amide bonds. The van der Waals surface area contributed by atoms with Crippen LogP contribution in [0.3, 0.4) is 0 Å². The highest BCUT2D eigenvalue weighted by Crippen LogP contribution is 2.18. The monoisotopic (exact) mass is 292 g/mol. The van der Waals surface area contributed by atoms with E-state index in [2.05, 4.69) is 10.6 Å². The Hall–Kier alpha value is -1.55. The minimum Gasteiger partial charge on any atom is -0.491 e. The van der Waals surface area contributed by atoms with E-state index in [4.69, 9.17) is 4.74 Å². The van der Waals surface area contributed by atoms with E-state index in [9.17, 15) is 4.79 Å². The molecule has 0 fully saturated rings. The van der Waals surface area contributed by atoms with E-state index in [1.54, 1.807) is 0 Å². The molecule has 1 aromatic carbocycles. The minimum atomic E-state index is -0.197. The summed E-state index contributed by atoms with van der Waals surface area (Å²) in [4.78, 5) is 11.8. The van der Waals surface area contributed by atoms with Gasteiger partial charge in [0, 0.05) is 11.6 Å². The highest BCUT2D eigenvalue weighted by Gasteiger charge is 2.14. The number of ether oxygens (including phenoxy) is 1. The first-order valence-electron chi connectivity index (χ1n) is 7.48. The second-order valence-corrected chi connectivity index (χ2v) is 6.64. The molecule has 1 aromatic rings. The topological polar surface area (TPSA) is 50.4 Å². The van der Waals surface area contributed by atoms with Crippen molar-refractivity contribution in [2.24, 2.45) is 0 Å². The van der Waals surface area contributed by atoms with Crippen LogP contribution in [-0.4, -0.2) is 24.1 Å². The van der Waals surface area contributed by atoms with Crippen LogP contribution in [0.5, 0.6) is 5.75 Å². The summed E-state index contributed by atoms with van der Waals surface area (Å²) in [7, 11) is 0. The summed E-state index contributed by atoms with van der Waals surface area (Å²) in [5.74, 6) is 0.875. The van der Waals surface area contributed by atoms with E-state index in [0.29, 0.717) is 6.54 Å². The third-order valence-corrected chi connectivity index (χ3v) is 2.84. The van der Waals surface area contributed by atoms with Crippen LogP contribution in [0, 0.1) is 0 Å². The Morgan fingerprint density at radius 1 is 1.14 bits per heavy atom. The summed E-state index contributed by atoms with van der Waals surface area (Å²) in [6, 6.07) is 8.09. The zero-order valence-electron chi connectivity index (χ0n) is 14.0. The number of hydrogen-bond donors (Lipinski definition) is 2. The van der Waals surface area contributed by atoms with Gasteiger partial charge in [-0.2, -0.15) is 0 Å². The van der Waals surface area contributed by atoms with Crippen molar-refractivity contribution in [2.45, 2.75) is 59.2 Å². The third-order valence-electron chi connectivity index (χ3n) is 2.84. The Kier molecular flexibility index (Phi) is 6.21. The van der Waals surface area contributed by atoms with Crippen LogP contribution in [0.2, 0.25) is 0 Å². The van der Waals surface area contributed by atoms with E-state index in [1.165, 1.54) is 0 Å². The summed E-state index contributed by atoms with van der Waals surface area (Å²) in [6.45, 7) is 12.3. The number of benzene rings is 1. The lowest BCUT2D eigenvalue weighted by atomic mass is 10.1. The first-order chi connectivity index (χ1) is 9.67. The highest BCUT2D eigenvalue weighted by atomic mass is 16.5. The van der Waals surface area contributed by atoms with E-state index < -0.39 is 0 Å². The van der Waals surface area contributed by atoms with Gasteiger partial charge >= 0.3 is 0 Å². The average molecular weight is 292 g/mol. The van der Waals surface area contributed by atoms with Gasteiger partial charge in [0.05, 0.1) is 12.6 Å². The molecule has 1 rings (SSSR count). The molecule has 0 aliphatic rings. The molecule has 2 N–H and O–H groups in total. The lowest BCUT2D eigenvalue weighted by Crippen LogP contribution is -2.45.